The van der Waals surface area contributed by atoms with Crippen molar-refractivity contribution in [2.75, 3.05) is 13.2 Å². The number of alkyl halides is 2. The number of furan rings is 1. The van der Waals surface area contributed by atoms with Crippen molar-refractivity contribution >= 4 is 69.6 Å². The Balaban J connectivity index is 0.000000670. The average Bonchev–Trinajstić information content (AvgIpc) is 4.02. The van der Waals surface area contributed by atoms with Gasteiger partial charge in [0, 0.05) is 35.2 Å². The van der Waals surface area contributed by atoms with Gasteiger partial charge in [0.15, 0.2) is 0 Å². The van der Waals surface area contributed by atoms with Crippen LogP contribution in [0.2, 0.25) is 0 Å². The van der Waals surface area contributed by atoms with Crippen molar-refractivity contribution in [3.8, 4) is 12.8 Å². The minimum absolute atomic E-state index is 0.0762. The quantitative estimate of drug-likeness (QED) is 0.0637. The lowest BCUT2D eigenvalue weighted by Gasteiger charge is -2.36. The van der Waals surface area contributed by atoms with E-state index >= 15 is 0 Å². The fraction of sp³-hybridized carbons (Fsp3) is 0.490. The minimum Gasteiger partial charge on any atom is -0.456 e. The highest BCUT2D eigenvalue weighted by Gasteiger charge is 2.47. The number of allylic oxidation sites excluding steroid dienone is 2. The van der Waals surface area contributed by atoms with E-state index in [0.717, 1.165) is 66.0 Å². The Hall–Kier alpha value is -5.12. The van der Waals surface area contributed by atoms with Gasteiger partial charge in [-0.3, -0.25) is 24.4 Å². The van der Waals surface area contributed by atoms with E-state index in [0.29, 0.717) is 25.3 Å². The Kier molecular flexibility index (Phi) is 25.1. The number of imide groups is 1. The summed E-state index contributed by atoms with van der Waals surface area (Å²) in [6.07, 6.45) is 20.5. The van der Waals surface area contributed by atoms with E-state index in [9.17, 15) is 36.6 Å². The molecule has 5 rings (SSSR count). The first-order valence-electron chi connectivity index (χ1n) is 22.4. The van der Waals surface area contributed by atoms with E-state index in [1.54, 1.807) is 38.8 Å². The molecule has 5 atom stereocenters. The maximum absolute atomic E-state index is 13.7. The predicted octanol–water partition coefficient (Wildman–Crippen LogP) is 10.4. The molecule has 10 nitrogen and oxygen atoms in total. The number of carbonyl (C=O) groups excluding carboxylic acids is 4. The summed E-state index contributed by atoms with van der Waals surface area (Å²) in [5, 5.41) is 5.87. The number of hydrogen-bond acceptors (Lipinski definition) is 6. The van der Waals surface area contributed by atoms with Crippen LogP contribution in [0.25, 0.3) is 29.2 Å². The van der Waals surface area contributed by atoms with Crippen LogP contribution >= 0.6 is 7.36 Å². The van der Waals surface area contributed by atoms with Crippen LogP contribution in [0.5, 0.6) is 0 Å². The summed E-state index contributed by atoms with van der Waals surface area (Å²) in [5.41, 5.74) is 2.22. The number of benzene rings is 2. The Morgan fingerprint density at radius 3 is 2.18 bits per heavy atom. The molecule has 1 aliphatic carbocycles. The van der Waals surface area contributed by atoms with E-state index in [1.165, 1.54) is 17.7 Å². The van der Waals surface area contributed by atoms with Gasteiger partial charge in [-0.1, -0.05) is 115 Å². The number of fused-ring (bicyclic) bond motifs is 1. The van der Waals surface area contributed by atoms with Crippen molar-refractivity contribution in [3.05, 3.63) is 89.3 Å². The third-order valence-corrected chi connectivity index (χ3v) is 16.1. The second kappa shape index (κ2) is 28.1. The topological polar surface area (TPSA) is 138 Å². The first-order chi connectivity index (χ1) is 31.1. The maximum atomic E-state index is 13.7. The van der Waals surface area contributed by atoms with Crippen molar-refractivity contribution in [1.82, 2.24) is 20.3 Å². The largest absolute Gasteiger partial charge is 0.456 e. The monoisotopic (exact) mass is 956 g/mol. The van der Waals surface area contributed by atoms with Crippen LogP contribution in [-0.4, -0.2) is 68.8 Å². The Bertz CT molecular complexity index is 2370. The molecule has 5 unspecified atom stereocenters. The molecule has 2 aromatic carbocycles. The number of unbranched alkanes of at least 4 members (excludes halogenated alkanes) is 4. The second-order valence-electron chi connectivity index (χ2n) is 16.3. The molecule has 66 heavy (non-hydrogen) atoms. The van der Waals surface area contributed by atoms with Crippen molar-refractivity contribution < 1.29 is 41.0 Å². The Labute approximate surface area is 393 Å². The molecule has 0 bridgehead atoms. The first kappa shape index (κ1) is 58.9. The highest BCUT2D eigenvalue weighted by molar-refractivity contribution is 8.24. The molecule has 5 amide bonds. The molecular weight excluding hydrogens is 885 g/mol. The van der Waals surface area contributed by atoms with Gasteiger partial charge in [-0.25, -0.2) is 13.4 Å². The fourth-order valence-corrected chi connectivity index (χ4v) is 10.6. The van der Waals surface area contributed by atoms with Gasteiger partial charge in [0.05, 0.1) is 9.30 Å². The number of nitrogens with zero attached hydrogens (tertiary/aromatic N) is 1. The van der Waals surface area contributed by atoms with Gasteiger partial charge in [-0.15, -0.1) is 12.8 Å². The lowest BCUT2D eigenvalue weighted by Crippen LogP contribution is -2.64. The number of nitrogens with one attached hydrogen (secondary N) is 3. The summed E-state index contributed by atoms with van der Waals surface area (Å²) in [7, 11) is -2.14. The van der Waals surface area contributed by atoms with Crippen molar-refractivity contribution in [2.45, 2.75) is 136 Å². The molecular formula is C51H72F3N4O6PS. The molecule has 1 saturated carbocycles. The summed E-state index contributed by atoms with van der Waals surface area (Å²) in [6, 6.07) is 12.4. The van der Waals surface area contributed by atoms with Gasteiger partial charge < -0.3 is 14.6 Å². The summed E-state index contributed by atoms with van der Waals surface area (Å²) in [5.74, 6) is -7.66. The standard InChI is InChI=1S/C27H45F2N4O5PS.C11H9FO.C9H10.C2H6.C2H2/c1-7-8-9-10-11-12-13-19(3)26(4,23(35)32-40(38,39-6)20-14-15-20)31-22(34)21-16-18(2)17-33(21)25(37)30-24(36)27(5,28)29;1-3-10-7(2)9-6-8(12)4-5-11(9)13-10;1-8(2)9-6-4-3-5-7-9;2*1-2/h12-13,18-21H,7-11,14-17H2,1-6H3,(H,31,34)(H,30,36,37)(H,32,35,38);3-6H,2H2,1H3;3-7H,1H2,2H3;1-2H3;1-2H/b13-12-;10-3-;;;. The zero-order valence-corrected chi connectivity index (χ0v) is 42.2. The van der Waals surface area contributed by atoms with E-state index in [-0.39, 0.29) is 30.0 Å². The zero-order chi connectivity index (χ0) is 50.4. The highest BCUT2D eigenvalue weighted by atomic mass is 32.5. The predicted molar refractivity (Wildman–Crippen MR) is 268 cm³/mol. The van der Waals surface area contributed by atoms with Crippen LogP contribution in [0.1, 0.15) is 119 Å². The molecule has 2 fully saturated rings. The number of amides is 5. The summed E-state index contributed by atoms with van der Waals surface area (Å²) < 4.78 is 61.2. The van der Waals surface area contributed by atoms with Crippen LogP contribution in [0, 0.1) is 30.5 Å². The third kappa shape index (κ3) is 17.6. The van der Waals surface area contributed by atoms with Crippen LogP contribution in [0.3, 0.4) is 0 Å². The van der Waals surface area contributed by atoms with Gasteiger partial charge in [0.1, 0.15) is 28.4 Å². The van der Waals surface area contributed by atoms with Gasteiger partial charge in [0.25, 0.3) is 11.8 Å². The Morgan fingerprint density at radius 1 is 1.05 bits per heavy atom. The highest BCUT2D eigenvalue weighted by Crippen LogP contribution is 2.33. The number of carbonyl (C=O) groups is 4. The summed E-state index contributed by atoms with van der Waals surface area (Å²) >= 11 is 0. The number of hydrogen-bond donors (Lipinski definition) is 3. The number of terminal acetylenes is 1. The zero-order valence-electron chi connectivity index (χ0n) is 40.5. The average molecular weight is 957 g/mol. The molecule has 0 spiro atoms. The summed E-state index contributed by atoms with van der Waals surface area (Å²) in [6.45, 7) is 25.0. The van der Waals surface area contributed by atoms with Crippen molar-refractivity contribution in [1.29, 1.82) is 0 Å². The van der Waals surface area contributed by atoms with Crippen LogP contribution in [0.4, 0.5) is 18.0 Å². The molecule has 364 valence electrons. The lowest BCUT2D eigenvalue weighted by atomic mass is 9.85. The number of urea groups is 1. The summed E-state index contributed by atoms with van der Waals surface area (Å²) in [4.78, 5) is 52.8. The smallest absolute Gasteiger partial charge is 0.324 e. The van der Waals surface area contributed by atoms with Crippen LogP contribution < -0.4 is 26.0 Å². The fourth-order valence-electron chi connectivity index (χ4n) is 6.70. The van der Waals surface area contributed by atoms with Gasteiger partial charge in [0.2, 0.25) is 5.91 Å². The second-order valence-corrected chi connectivity index (χ2v) is 21.4. The molecule has 15 heteroatoms. The van der Waals surface area contributed by atoms with Gasteiger partial charge in [-0.2, -0.15) is 8.78 Å². The SMILES string of the molecule is C#C.C=C(C)c1ccccc1.C=c1/c(=C/C)oc2ccc(F)cc12.CC.CCCCCC/C=C\C(C)C(C)(NC(=O)C1CC(C)CN1C(=O)NC(=O)C(C)(F)F)C(=O)NS(=O)(=PC)C1CC1. The molecule has 1 aromatic heterocycles. The molecule has 0 radical (unpaired) electrons. The van der Waals surface area contributed by atoms with Gasteiger partial charge >= 0.3 is 12.0 Å². The normalized spacial score (nSPS) is 18.0. The minimum atomic E-state index is -3.76. The third-order valence-electron chi connectivity index (χ3n) is 10.9. The Morgan fingerprint density at radius 2 is 1.67 bits per heavy atom. The molecule has 3 N–H and O–H groups in total. The van der Waals surface area contributed by atoms with E-state index in [2.05, 4.69) is 55.1 Å². The van der Waals surface area contributed by atoms with Crippen LogP contribution in [-0.2, 0) is 23.7 Å². The lowest BCUT2D eigenvalue weighted by molar-refractivity contribution is -0.142. The van der Waals surface area contributed by atoms with E-state index in [1.807, 2.05) is 64.1 Å². The first-order valence-corrected chi connectivity index (χ1v) is 26.0. The number of rotatable bonds is 14. The van der Waals surface area contributed by atoms with Crippen molar-refractivity contribution in [3.63, 3.8) is 0 Å². The van der Waals surface area contributed by atoms with Crippen LogP contribution in [0.15, 0.2) is 71.7 Å². The molecule has 1 saturated heterocycles. The van der Waals surface area contributed by atoms with Gasteiger partial charge in [-0.05, 0) is 103 Å². The van der Waals surface area contributed by atoms with E-state index in [4.69, 9.17) is 4.42 Å². The molecule has 3 aromatic rings. The molecule has 2 aliphatic rings. The van der Waals surface area contributed by atoms with E-state index < -0.39 is 56.5 Å². The molecule has 1 aliphatic heterocycles. The maximum Gasteiger partial charge on any atom is 0.324 e. The number of halogens is 3. The van der Waals surface area contributed by atoms with Crippen molar-refractivity contribution in [2.24, 2.45) is 11.8 Å². The molecule has 2 heterocycles. The number of likely N-dealkylation sites (tertiary alicyclic amines) is 1.